The first-order chi connectivity index (χ1) is 8.72. The molecule has 0 aliphatic rings. The molecular weight excluding hydrogens is 228 g/mol. The molecule has 1 aromatic carbocycles. The lowest BCUT2D eigenvalue weighted by Gasteiger charge is -2.08. The topological polar surface area (TPSA) is 61.4 Å². The SMILES string of the molecule is CC(=O)Nc1cccc(NCCCCCCO)c1. The molecule has 0 radical (unpaired) electrons. The van der Waals surface area contributed by atoms with E-state index < -0.39 is 0 Å². The Bertz CT molecular complexity index is 367. The summed E-state index contributed by atoms with van der Waals surface area (Å²) in [5.41, 5.74) is 1.83. The van der Waals surface area contributed by atoms with Crippen molar-refractivity contribution in [1.82, 2.24) is 0 Å². The summed E-state index contributed by atoms with van der Waals surface area (Å²) in [6.45, 7) is 2.70. The van der Waals surface area contributed by atoms with Crippen LogP contribution in [0.4, 0.5) is 11.4 Å². The first-order valence-corrected chi connectivity index (χ1v) is 6.45. The molecule has 0 spiro atoms. The van der Waals surface area contributed by atoms with Crippen molar-refractivity contribution < 1.29 is 9.90 Å². The monoisotopic (exact) mass is 250 g/mol. The smallest absolute Gasteiger partial charge is 0.221 e. The van der Waals surface area contributed by atoms with Crippen LogP contribution >= 0.6 is 0 Å². The molecule has 4 nitrogen and oxygen atoms in total. The molecule has 4 heteroatoms. The van der Waals surface area contributed by atoms with Gasteiger partial charge in [0.25, 0.3) is 0 Å². The van der Waals surface area contributed by atoms with Gasteiger partial charge in [0.05, 0.1) is 0 Å². The van der Waals surface area contributed by atoms with Crippen molar-refractivity contribution in [3.63, 3.8) is 0 Å². The lowest BCUT2D eigenvalue weighted by Crippen LogP contribution is -2.06. The molecule has 0 saturated carbocycles. The van der Waals surface area contributed by atoms with Gasteiger partial charge in [0, 0.05) is 31.5 Å². The lowest BCUT2D eigenvalue weighted by molar-refractivity contribution is -0.114. The lowest BCUT2D eigenvalue weighted by atomic mass is 10.2. The summed E-state index contributed by atoms with van der Waals surface area (Å²) in [5.74, 6) is -0.0591. The van der Waals surface area contributed by atoms with E-state index in [1.54, 1.807) is 0 Å². The van der Waals surface area contributed by atoms with Crippen LogP contribution in [0.3, 0.4) is 0 Å². The molecule has 1 rings (SSSR count). The minimum absolute atomic E-state index is 0.0591. The van der Waals surface area contributed by atoms with E-state index in [0.717, 1.165) is 43.6 Å². The highest BCUT2D eigenvalue weighted by Gasteiger charge is 1.97. The first-order valence-electron chi connectivity index (χ1n) is 6.45. The average Bonchev–Trinajstić information content (AvgIpc) is 2.33. The minimum Gasteiger partial charge on any atom is -0.396 e. The maximum absolute atomic E-state index is 10.9. The Morgan fingerprint density at radius 2 is 1.89 bits per heavy atom. The van der Waals surface area contributed by atoms with Crippen molar-refractivity contribution >= 4 is 17.3 Å². The molecule has 0 fully saturated rings. The van der Waals surface area contributed by atoms with Crippen LogP contribution in [-0.2, 0) is 4.79 Å². The molecular formula is C14H22N2O2. The normalized spacial score (nSPS) is 10.1. The van der Waals surface area contributed by atoms with E-state index >= 15 is 0 Å². The van der Waals surface area contributed by atoms with Gasteiger partial charge in [-0.05, 0) is 31.0 Å². The molecule has 100 valence electrons. The maximum Gasteiger partial charge on any atom is 0.221 e. The van der Waals surface area contributed by atoms with E-state index in [1.807, 2.05) is 24.3 Å². The summed E-state index contributed by atoms with van der Waals surface area (Å²) in [6.07, 6.45) is 4.17. The average molecular weight is 250 g/mol. The summed E-state index contributed by atoms with van der Waals surface area (Å²) in [6, 6.07) is 7.70. The number of aliphatic hydroxyl groups is 1. The standard InChI is InChI=1S/C14H22N2O2/c1-12(18)16-14-8-6-7-13(11-14)15-9-4-2-3-5-10-17/h6-8,11,15,17H,2-5,9-10H2,1H3,(H,16,18). The van der Waals surface area contributed by atoms with E-state index in [1.165, 1.54) is 6.92 Å². The van der Waals surface area contributed by atoms with Crippen molar-refractivity contribution in [2.75, 3.05) is 23.8 Å². The van der Waals surface area contributed by atoms with Gasteiger partial charge in [-0.3, -0.25) is 4.79 Å². The van der Waals surface area contributed by atoms with Crippen molar-refractivity contribution in [2.45, 2.75) is 32.6 Å². The highest BCUT2D eigenvalue weighted by molar-refractivity contribution is 5.89. The zero-order valence-electron chi connectivity index (χ0n) is 10.9. The molecule has 0 saturated heterocycles. The van der Waals surface area contributed by atoms with E-state index in [9.17, 15) is 4.79 Å². The van der Waals surface area contributed by atoms with Crippen LogP contribution in [0, 0.1) is 0 Å². The number of carbonyl (C=O) groups is 1. The molecule has 0 aromatic heterocycles. The summed E-state index contributed by atoms with van der Waals surface area (Å²) in [7, 11) is 0. The number of rotatable bonds is 8. The zero-order valence-corrected chi connectivity index (χ0v) is 10.9. The molecule has 18 heavy (non-hydrogen) atoms. The fraction of sp³-hybridized carbons (Fsp3) is 0.500. The van der Waals surface area contributed by atoms with Gasteiger partial charge in [-0.15, -0.1) is 0 Å². The summed E-state index contributed by atoms with van der Waals surface area (Å²) < 4.78 is 0. The van der Waals surface area contributed by atoms with Gasteiger partial charge in [0.15, 0.2) is 0 Å². The van der Waals surface area contributed by atoms with Crippen LogP contribution in [0.25, 0.3) is 0 Å². The van der Waals surface area contributed by atoms with Crippen molar-refractivity contribution in [2.24, 2.45) is 0 Å². The maximum atomic E-state index is 10.9. The number of benzene rings is 1. The van der Waals surface area contributed by atoms with Crippen molar-refractivity contribution in [1.29, 1.82) is 0 Å². The Morgan fingerprint density at radius 3 is 2.61 bits per heavy atom. The number of hydrogen-bond donors (Lipinski definition) is 3. The number of carbonyl (C=O) groups excluding carboxylic acids is 1. The Labute approximate surface area is 108 Å². The second-order valence-corrected chi connectivity index (χ2v) is 4.33. The van der Waals surface area contributed by atoms with Gasteiger partial charge < -0.3 is 15.7 Å². The van der Waals surface area contributed by atoms with Gasteiger partial charge in [-0.25, -0.2) is 0 Å². The number of anilines is 2. The second-order valence-electron chi connectivity index (χ2n) is 4.33. The number of amides is 1. The highest BCUT2D eigenvalue weighted by atomic mass is 16.2. The molecule has 0 heterocycles. The molecule has 0 aliphatic carbocycles. The fourth-order valence-corrected chi connectivity index (χ4v) is 1.73. The Hall–Kier alpha value is -1.55. The van der Waals surface area contributed by atoms with Crippen molar-refractivity contribution in [3.8, 4) is 0 Å². The van der Waals surface area contributed by atoms with Crippen molar-refractivity contribution in [3.05, 3.63) is 24.3 Å². The quantitative estimate of drug-likeness (QED) is 0.621. The number of nitrogens with one attached hydrogen (secondary N) is 2. The molecule has 3 N–H and O–H groups in total. The third-order valence-corrected chi connectivity index (χ3v) is 2.60. The molecule has 0 bridgehead atoms. The first kappa shape index (κ1) is 14.5. The number of aliphatic hydroxyl groups excluding tert-OH is 1. The van der Waals surface area contributed by atoms with Gasteiger partial charge in [-0.2, -0.15) is 0 Å². The molecule has 0 unspecified atom stereocenters. The van der Waals surface area contributed by atoms with Crippen LogP contribution in [-0.4, -0.2) is 24.2 Å². The minimum atomic E-state index is -0.0591. The number of unbranched alkanes of at least 4 members (excludes halogenated alkanes) is 3. The largest absolute Gasteiger partial charge is 0.396 e. The van der Waals surface area contributed by atoms with Gasteiger partial charge in [0.1, 0.15) is 0 Å². The molecule has 0 atom stereocenters. The fourth-order valence-electron chi connectivity index (χ4n) is 1.73. The molecule has 1 aromatic rings. The third kappa shape index (κ3) is 6.25. The van der Waals surface area contributed by atoms with Crippen LogP contribution in [0.1, 0.15) is 32.6 Å². The van der Waals surface area contributed by atoms with E-state index in [-0.39, 0.29) is 12.5 Å². The molecule has 1 amide bonds. The summed E-state index contributed by atoms with van der Waals surface area (Å²) in [4.78, 5) is 10.9. The number of hydrogen-bond acceptors (Lipinski definition) is 3. The van der Waals surface area contributed by atoms with Gasteiger partial charge >= 0.3 is 0 Å². The highest BCUT2D eigenvalue weighted by Crippen LogP contribution is 2.15. The zero-order chi connectivity index (χ0) is 13.2. The summed E-state index contributed by atoms with van der Waals surface area (Å²) >= 11 is 0. The van der Waals surface area contributed by atoms with Gasteiger partial charge in [0.2, 0.25) is 5.91 Å². The Kier molecular flexibility index (Phi) is 6.87. The van der Waals surface area contributed by atoms with Crippen LogP contribution in [0.2, 0.25) is 0 Å². The Balaban J connectivity index is 2.27. The predicted molar refractivity (Wildman–Crippen MR) is 74.8 cm³/mol. The molecule has 0 aliphatic heterocycles. The van der Waals surface area contributed by atoms with Crippen LogP contribution < -0.4 is 10.6 Å². The van der Waals surface area contributed by atoms with Gasteiger partial charge in [-0.1, -0.05) is 18.9 Å². The van der Waals surface area contributed by atoms with E-state index in [4.69, 9.17) is 5.11 Å². The van der Waals surface area contributed by atoms with Crippen LogP contribution in [0.5, 0.6) is 0 Å². The third-order valence-electron chi connectivity index (χ3n) is 2.60. The van der Waals surface area contributed by atoms with Crippen LogP contribution in [0.15, 0.2) is 24.3 Å². The second kappa shape index (κ2) is 8.53. The van der Waals surface area contributed by atoms with E-state index in [0.29, 0.717) is 0 Å². The summed E-state index contributed by atoms with van der Waals surface area (Å²) in [5, 5.41) is 14.7. The Morgan fingerprint density at radius 1 is 1.17 bits per heavy atom. The van der Waals surface area contributed by atoms with E-state index in [2.05, 4.69) is 10.6 Å². The predicted octanol–water partition coefficient (Wildman–Crippen LogP) is 2.61.